The van der Waals surface area contributed by atoms with E-state index in [2.05, 4.69) is 5.32 Å². The second-order valence-electron chi connectivity index (χ2n) is 4.50. The quantitative estimate of drug-likeness (QED) is 0.879. The van der Waals surface area contributed by atoms with E-state index < -0.39 is 0 Å². The number of anilines is 1. The molecule has 2 aromatic rings. The lowest BCUT2D eigenvalue weighted by molar-refractivity contribution is -0.114. The fraction of sp³-hybridized carbons (Fsp3) is 0.200. The first-order valence-corrected chi connectivity index (χ1v) is 7.00. The Hall–Kier alpha value is -2.01. The number of aromatic nitrogens is 1. The summed E-state index contributed by atoms with van der Waals surface area (Å²) in [6, 6.07) is 9.51. The second kappa shape index (κ2) is 5.96. The molecule has 0 aliphatic rings. The zero-order valence-electron chi connectivity index (χ0n) is 11.6. The van der Waals surface area contributed by atoms with Crippen LogP contribution < -0.4 is 5.32 Å². The van der Waals surface area contributed by atoms with E-state index in [0.29, 0.717) is 5.69 Å². The van der Waals surface area contributed by atoms with Gasteiger partial charge in [-0.1, -0.05) is 11.8 Å². The molecule has 0 unspecified atom stereocenters. The second-order valence-corrected chi connectivity index (χ2v) is 5.62. The lowest BCUT2D eigenvalue weighted by atomic mass is 10.3. The van der Waals surface area contributed by atoms with Gasteiger partial charge in [-0.3, -0.25) is 9.59 Å². The summed E-state index contributed by atoms with van der Waals surface area (Å²) in [7, 11) is 1.88. The molecule has 0 radical (unpaired) electrons. The fourth-order valence-electron chi connectivity index (χ4n) is 1.85. The molecule has 0 atom stereocenters. The van der Waals surface area contributed by atoms with Gasteiger partial charge in [0.2, 0.25) is 5.91 Å². The molecule has 0 spiro atoms. The predicted octanol–water partition coefficient (Wildman–Crippen LogP) is 3.26. The Bertz CT molecular complexity index is 645. The molecule has 1 heterocycles. The molecule has 0 bridgehead atoms. The summed E-state index contributed by atoms with van der Waals surface area (Å²) < 4.78 is 1.88. The molecule has 0 aliphatic heterocycles. The summed E-state index contributed by atoms with van der Waals surface area (Å²) >= 11 is 1.60. The van der Waals surface area contributed by atoms with Crippen molar-refractivity contribution in [2.24, 2.45) is 7.05 Å². The minimum absolute atomic E-state index is 0.0834. The Labute approximate surface area is 122 Å². The fourth-order valence-corrected chi connectivity index (χ4v) is 2.84. The highest BCUT2D eigenvalue weighted by molar-refractivity contribution is 7.99. The average Bonchev–Trinajstić information content (AvgIpc) is 2.68. The zero-order valence-corrected chi connectivity index (χ0v) is 12.5. The molecule has 0 saturated carbocycles. The van der Waals surface area contributed by atoms with E-state index >= 15 is 0 Å². The SMILES string of the molecule is CC(=O)Nc1ccc(Sc2cc(C=O)n(C)c2C)cc1. The van der Waals surface area contributed by atoms with Gasteiger partial charge in [0.1, 0.15) is 0 Å². The third-order valence-corrected chi connectivity index (χ3v) is 4.19. The normalized spacial score (nSPS) is 10.3. The Morgan fingerprint density at radius 2 is 1.95 bits per heavy atom. The Morgan fingerprint density at radius 1 is 1.30 bits per heavy atom. The maximum atomic E-state index is 11.0. The maximum Gasteiger partial charge on any atom is 0.221 e. The van der Waals surface area contributed by atoms with Crippen molar-refractivity contribution in [1.82, 2.24) is 4.57 Å². The van der Waals surface area contributed by atoms with Crippen LogP contribution in [-0.2, 0) is 11.8 Å². The van der Waals surface area contributed by atoms with E-state index in [1.165, 1.54) is 6.92 Å². The molecular weight excluding hydrogens is 272 g/mol. The first-order chi connectivity index (χ1) is 9.51. The van der Waals surface area contributed by atoms with Crippen molar-refractivity contribution >= 4 is 29.6 Å². The van der Waals surface area contributed by atoms with E-state index in [1.807, 2.05) is 48.9 Å². The molecule has 1 amide bonds. The summed E-state index contributed by atoms with van der Waals surface area (Å²) in [5.41, 5.74) is 2.50. The van der Waals surface area contributed by atoms with Crippen LogP contribution in [0.3, 0.4) is 0 Å². The highest BCUT2D eigenvalue weighted by atomic mass is 32.2. The number of benzene rings is 1. The lowest BCUT2D eigenvalue weighted by Gasteiger charge is -2.05. The lowest BCUT2D eigenvalue weighted by Crippen LogP contribution is -2.05. The van der Waals surface area contributed by atoms with Crippen LogP contribution in [0.2, 0.25) is 0 Å². The molecule has 5 heteroatoms. The van der Waals surface area contributed by atoms with E-state index in [1.54, 1.807) is 11.8 Å². The molecule has 1 aromatic carbocycles. The summed E-state index contributed by atoms with van der Waals surface area (Å²) in [5.74, 6) is -0.0834. The molecule has 1 N–H and O–H groups in total. The first-order valence-electron chi connectivity index (χ1n) is 6.18. The van der Waals surface area contributed by atoms with Gasteiger partial charge in [-0.05, 0) is 37.3 Å². The van der Waals surface area contributed by atoms with Gasteiger partial charge < -0.3 is 9.88 Å². The van der Waals surface area contributed by atoms with Crippen LogP contribution in [0.5, 0.6) is 0 Å². The van der Waals surface area contributed by atoms with Crippen LogP contribution in [0, 0.1) is 6.92 Å². The minimum Gasteiger partial charge on any atom is -0.345 e. The van der Waals surface area contributed by atoms with E-state index in [9.17, 15) is 9.59 Å². The van der Waals surface area contributed by atoms with Crippen LogP contribution in [0.15, 0.2) is 40.1 Å². The number of carbonyl (C=O) groups excluding carboxylic acids is 2. The van der Waals surface area contributed by atoms with E-state index in [4.69, 9.17) is 0 Å². The standard InChI is InChI=1S/C15H16N2O2S/c1-10-15(8-13(9-18)17(10)3)20-14-6-4-12(5-7-14)16-11(2)19/h4-9H,1-3H3,(H,16,19). The third kappa shape index (κ3) is 3.11. The van der Waals surface area contributed by atoms with Gasteiger partial charge in [0.05, 0.1) is 5.69 Å². The van der Waals surface area contributed by atoms with Gasteiger partial charge in [0, 0.05) is 35.1 Å². The van der Waals surface area contributed by atoms with Gasteiger partial charge in [-0.2, -0.15) is 0 Å². The van der Waals surface area contributed by atoms with Crippen molar-refractivity contribution in [2.45, 2.75) is 23.6 Å². The Balaban J connectivity index is 2.18. The molecule has 20 heavy (non-hydrogen) atoms. The highest BCUT2D eigenvalue weighted by Gasteiger charge is 2.09. The molecule has 4 nitrogen and oxygen atoms in total. The van der Waals surface area contributed by atoms with Crippen LogP contribution in [0.4, 0.5) is 5.69 Å². The Morgan fingerprint density at radius 3 is 2.45 bits per heavy atom. The van der Waals surface area contributed by atoms with Crippen molar-refractivity contribution < 1.29 is 9.59 Å². The van der Waals surface area contributed by atoms with Crippen molar-refractivity contribution in [1.29, 1.82) is 0 Å². The minimum atomic E-state index is -0.0834. The summed E-state index contributed by atoms with van der Waals surface area (Å²) in [6.45, 7) is 3.47. The van der Waals surface area contributed by atoms with E-state index in [-0.39, 0.29) is 5.91 Å². The number of hydrogen-bond acceptors (Lipinski definition) is 3. The highest BCUT2D eigenvalue weighted by Crippen LogP contribution is 2.32. The van der Waals surface area contributed by atoms with Crippen molar-refractivity contribution in [3.05, 3.63) is 41.7 Å². The molecule has 0 aliphatic carbocycles. The number of rotatable bonds is 4. The predicted molar refractivity (Wildman–Crippen MR) is 80.4 cm³/mol. The van der Waals surface area contributed by atoms with Gasteiger partial charge in [0.25, 0.3) is 0 Å². The molecule has 104 valence electrons. The van der Waals surface area contributed by atoms with Crippen molar-refractivity contribution in [3.63, 3.8) is 0 Å². The number of nitrogens with zero attached hydrogens (tertiary/aromatic N) is 1. The van der Waals surface area contributed by atoms with Gasteiger partial charge in [-0.25, -0.2) is 0 Å². The number of amides is 1. The summed E-state index contributed by atoms with van der Waals surface area (Å²) in [5, 5.41) is 2.73. The monoisotopic (exact) mass is 288 g/mol. The first kappa shape index (κ1) is 14.4. The van der Waals surface area contributed by atoms with Crippen LogP contribution >= 0.6 is 11.8 Å². The summed E-state index contributed by atoms with van der Waals surface area (Å²) in [6.07, 6.45) is 0.858. The third-order valence-electron chi connectivity index (χ3n) is 3.05. The topological polar surface area (TPSA) is 51.1 Å². The number of aldehydes is 1. The largest absolute Gasteiger partial charge is 0.345 e. The number of carbonyl (C=O) groups is 2. The van der Waals surface area contributed by atoms with Gasteiger partial charge in [-0.15, -0.1) is 0 Å². The van der Waals surface area contributed by atoms with Crippen molar-refractivity contribution in [2.75, 3.05) is 5.32 Å². The van der Waals surface area contributed by atoms with Crippen LogP contribution in [0.1, 0.15) is 23.1 Å². The zero-order chi connectivity index (χ0) is 14.7. The van der Waals surface area contributed by atoms with Crippen LogP contribution in [0.25, 0.3) is 0 Å². The van der Waals surface area contributed by atoms with E-state index in [0.717, 1.165) is 27.5 Å². The van der Waals surface area contributed by atoms with Crippen LogP contribution in [-0.4, -0.2) is 16.8 Å². The molecule has 1 aromatic heterocycles. The molecular formula is C15H16N2O2S. The van der Waals surface area contributed by atoms with Gasteiger partial charge in [0.15, 0.2) is 6.29 Å². The molecule has 0 saturated heterocycles. The summed E-state index contributed by atoms with van der Waals surface area (Å²) in [4.78, 5) is 24.0. The van der Waals surface area contributed by atoms with Gasteiger partial charge >= 0.3 is 0 Å². The average molecular weight is 288 g/mol. The smallest absolute Gasteiger partial charge is 0.221 e. The number of nitrogens with one attached hydrogen (secondary N) is 1. The van der Waals surface area contributed by atoms with Crippen molar-refractivity contribution in [3.8, 4) is 0 Å². The number of hydrogen-bond donors (Lipinski definition) is 1. The maximum absolute atomic E-state index is 11.0. The Kier molecular flexibility index (Phi) is 4.29. The molecule has 0 fully saturated rings. The molecule has 2 rings (SSSR count).